The first-order chi connectivity index (χ1) is 7.99. The fourth-order valence-corrected chi connectivity index (χ4v) is 2.43. The molecule has 92 valence electrons. The first-order valence-electron chi connectivity index (χ1n) is 5.44. The standard InChI is InChI=1S/C12H14ClNO3/c1-6-2-8(11(13)10(15)3-6)9-4-7(5-14-9)12(16)17/h2-3,7,9,14-15H,4-5H2,1H3,(H,16,17). The lowest BCUT2D eigenvalue weighted by molar-refractivity contribution is -0.141. The summed E-state index contributed by atoms with van der Waals surface area (Å²) in [6, 6.07) is 3.37. The molecule has 2 unspecified atom stereocenters. The number of phenols is 1. The van der Waals surface area contributed by atoms with E-state index in [2.05, 4.69) is 5.32 Å². The third-order valence-corrected chi connectivity index (χ3v) is 3.49. The fourth-order valence-electron chi connectivity index (χ4n) is 2.19. The quantitative estimate of drug-likeness (QED) is 0.757. The lowest BCUT2D eigenvalue weighted by atomic mass is 9.98. The van der Waals surface area contributed by atoms with E-state index < -0.39 is 11.9 Å². The molecule has 2 atom stereocenters. The van der Waals surface area contributed by atoms with Crippen LogP contribution in [0.3, 0.4) is 0 Å². The summed E-state index contributed by atoms with van der Waals surface area (Å²) in [5.41, 5.74) is 1.68. The molecule has 3 N–H and O–H groups in total. The maximum atomic E-state index is 10.9. The molecule has 0 spiro atoms. The predicted molar refractivity (Wildman–Crippen MR) is 64.3 cm³/mol. The Labute approximate surface area is 104 Å². The van der Waals surface area contributed by atoms with Crippen molar-refractivity contribution in [1.29, 1.82) is 0 Å². The number of carboxylic acids is 1. The van der Waals surface area contributed by atoms with Crippen molar-refractivity contribution in [2.45, 2.75) is 19.4 Å². The Morgan fingerprint density at radius 1 is 1.53 bits per heavy atom. The number of phenolic OH excluding ortho intramolecular Hbond substituents is 1. The molecule has 1 aliphatic rings. The zero-order chi connectivity index (χ0) is 12.6. The van der Waals surface area contributed by atoms with E-state index in [9.17, 15) is 9.90 Å². The van der Waals surface area contributed by atoms with Crippen molar-refractivity contribution >= 4 is 17.6 Å². The Morgan fingerprint density at radius 2 is 2.24 bits per heavy atom. The summed E-state index contributed by atoms with van der Waals surface area (Å²) >= 11 is 6.04. The molecule has 0 aromatic heterocycles. The summed E-state index contributed by atoms with van der Waals surface area (Å²) in [4.78, 5) is 10.9. The second kappa shape index (κ2) is 4.55. The minimum absolute atomic E-state index is 0.0437. The second-order valence-corrected chi connectivity index (χ2v) is 4.80. The van der Waals surface area contributed by atoms with Crippen LogP contribution in [0.5, 0.6) is 5.75 Å². The van der Waals surface area contributed by atoms with Gasteiger partial charge in [0.15, 0.2) is 0 Å². The van der Waals surface area contributed by atoms with Crippen molar-refractivity contribution < 1.29 is 15.0 Å². The zero-order valence-corrected chi connectivity index (χ0v) is 10.2. The number of rotatable bonds is 2. The number of hydrogen-bond donors (Lipinski definition) is 3. The third-order valence-electron chi connectivity index (χ3n) is 3.08. The van der Waals surface area contributed by atoms with Crippen LogP contribution >= 0.6 is 11.6 Å². The van der Waals surface area contributed by atoms with Crippen LogP contribution in [-0.4, -0.2) is 22.7 Å². The maximum absolute atomic E-state index is 10.9. The molecule has 0 bridgehead atoms. The smallest absolute Gasteiger partial charge is 0.307 e. The van der Waals surface area contributed by atoms with Crippen molar-refractivity contribution in [2.75, 3.05) is 6.54 Å². The molecule has 1 aromatic rings. The van der Waals surface area contributed by atoms with Crippen molar-refractivity contribution in [2.24, 2.45) is 5.92 Å². The van der Waals surface area contributed by atoms with Gasteiger partial charge in [-0.15, -0.1) is 0 Å². The summed E-state index contributed by atoms with van der Waals surface area (Å²) < 4.78 is 0. The minimum atomic E-state index is -0.798. The fraction of sp³-hybridized carbons (Fsp3) is 0.417. The van der Waals surface area contributed by atoms with Crippen LogP contribution < -0.4 is 5.32 Å². The molecular formula is C12H14ClNO3. The Bertz CT molecular complexity index is 461. The van der Waals surface area contributed by atoms with Gasteiger partial charge in [0, 0.05) is 12.6 Å². The van der Waals surface area contributed by atoms with E-state index in [1.807, 2.05) is 13.0 Å². The van der Waals surface area contributed by atoms with Crippen molar-refractivity contribution in [3.8, 4) is 5.75 Å². The lowest BCUT2D eigenvalue weighted by Gasteiger charge is -2.14. The average molecular weight is 256 g/mol. The van der Waals surface area contributed by atoms with Gasteiger partial charge >= 0.3 is 5.97 Å². The molecule has 0 saturated carbocycles. The van der Waals surface area contributed by atoms with Gasteiger partial charge in [0.2, 0.25) is 0 Å². The van der Waals surface area contributed by atoms with Crippen LogP contribution in [0, 0.1) is 12.8 Å². The van der Waals surface area contributed by atoms with E-state index in [4.69, 9.17) is 16.7 Å². The predicted octanol–water partition coefficient (Wildman–Crippen LogP) is 2.09. The summed E-state index contributed by atoms with van der Waals surface area (Å²) in [5.74, 6) is -1.14. The summed E-state index contributed by atoms with van der Waals surface area (Å²) in [6.07, 6.45) is 0.498. The number of aliphatic carboxylic acids is 1. The normalized spacial score (nSPS) is 23.9. The van der Waals surface area contributed by atoms with E-state index in [0.29, 0.717) is 18.0 Å². The highest BCUT2D eigenvalue weighted by atomic mass is 35.5. The Hall–Kier alpha value is -1.26. The van der Waals surface area contributed by atoms with Gasteiger partial charge in [-0.25, -0.2) is 0 Å². The van der Waals surface area contributed by atoms with Gasteiger partial charge in [0.1, 0.15) is 5.75 Å². The number of aryl methyl sites for hydroxylation is 1. The highest BCUT2D eigenvalue weighted by Gasteiger charge is 2.31. The number of aromatic hydroxyl groups is 1. The van der Waals surface area contributed by atoms with Gasteiger partial charge in [-0.2, -0.15) is 0 Å². The van der Waals surface area contributed by atoms with Crippen LogP contribution in [0.1, 0.15) is 23.6 Å². The zero-order valence-electron chi connectivity index (χ0n) is 9.40. The molecule has 17 heavy (non-hydrogen) atoms. The molecule has 1 aliphatic heterocycles. The van der Waals surface area contributed by atoms with Crippen molar-refractivity contribution in [3.63, 3.8) is 0 Å². The molecule has 4 nitrogen and oxygen atoms in total. The Morgan fingerprint density at radius 3 is 2.82 bits per heavy atom. The van der Waals surface area contributed by atoms with Gasteiger partial charge in [-0.05, 0) is 30.5 Å². The number of carbonyl (C=O) groups is 1. The van der Waals surface area contributed by atoms with Crippen LogP contribution in [0.2, 0.25) is 5.02 Å². The van der Waals surface area contributed by atoms with Crippen LogP contribution in [0.25, 0.3) is 0 Å². The lowest BCUT2D eigenvalue weighted by Crippen LogP contribution is -2.17. The van der Waals surface area contributed by atoms with Gasteiger partial charge < -0.3 is 15.5 Å². The van der Waals surface area contributed by atoms with Gasteiger partial charge in [-0.3, -0.25) is 4.79 Å². The van der Waals surface area contributed by atoms with Crippen LogP contribution in [0.15, 0.2) is 12.1 Å². The molecule has 0 amide bonds. The molecule has 1 fully saturated rings. The van der Waals surface area contributed by atoms with E-state index in [-0.39, 0.29) is 11.8 Å². The number of benzene rings is 1. The van der Waals surface area contributed by atoms with E-state index >= 15 is 0 Å². The second-order valence-electron chi connectivity index (χ2n) is 4.42. The highest BCUT2D eigenvalue weighted by molar-refractivity contribution is 6.32. The first-order valence-corrected chi connectivity index (χ1v) is 5.82. The topological polar surface area (TPSA) is 69.6 Å². The van der Waals surface area contributed by atoms with Gasteiger partial charge in [0.25, 0.3) is 0 Å². The number of carboxylic acid groups (broad SMARTS) is 1. The summed E-state index contributed by atoms with van der Waals surface area (Å²) in [6.45, 7) is 2.30. The van der Waals surface area contributed by atoms with E-state index in [1.165, 1.54) is 0 Å². The Kier molecular flexibility index (Phi) is 3.26. The molecule has 1 saturated heterocycles. The summed E-state index contributed by atoms with van der Waals surface area (Å²) in [7, 11) is 0. The highest BCUT2D eigenvalue weighted by Crippen LogP contribution is 2.37. The van der Waals surface area contributed by atoms with Crippen molar-refractivity contribution in [3.05, 3.63) is 28.3 Å². The summed E-state index contributed by atoms with van der Waals surface area (Å²) in [5, 5.41) is 22.0. The molecule has 1 aromatic carbocycles. The molecule has 2 rings (SSSR count). The largest absolute Gasteiger partial charge is 0.506 e. The molecule has 0 radical (unpaired) electrons. The number of nitrogens with one attached hydrogen (secondary N) is 1. The van der Waals surface area contributed by atoms with Crippen LogP contribution in [0.4, 0.5) is 0 Å². The van der Waals surface area contributed by atoms with E-state index in [1.54, 1.807) is 6.07 Å². The van der Waals surface area contributed by atoms with Crippen molar-refractivity contribution in [1.82, 2.24) is 5.32 Å². The average Bonchev–Trinajstić information content (AvgIpc) is 2.72. The molecular weight excluding hydrogens is 242 g/mol. The van der Waals surface area contributed by atoms with Crippen LogP contribution in [-0.2, 0) is 4.79 Å². The SMILES string of the molecule is Cc1cc(O)c(Cl)c(C2CC(C(=O)O)CN2)c1. The molecule has 1 heterocycles. The van der Waals surface area contributed by atoms with Gasteiger partial charge in [-0.1, -0.05) is 17.7 Å². The number of halogens is 1. The molecule has 0 aliphatic carbocycles. The third kappa shape index (κ3) is 2.37. The first kappa shape index (κ1) is 12.2. The monoisotopic (exact) mass is 255 g/mol. The minimum Gasteiger partial charge on any atom is -0.506 e. The number of hydrogen-bond acceptors (Lipinski definition) is 3. The van der Waals surface area contributed by atoms with Gasteiger partial charge in [0.05, 0.1) is 10.9 Å². The maximum Gasteiger partial charge on any atom is 0.307 e. The Balaban J connectivity index is 2.27. The molecule has 5 heteroatoms. The van der Waals surface area contributed by atoms with E-state index in [0.717, 1.165) is 11.1 Å².